The summed E-state index contributed by atoms with van der Waals surface area (Å²) in [6.07, 6.45) is 0. The summed E-state index contributed by atoms with van der Waals surface area (Å²) in [6.45, 7) is -0.354. The Morgan fingerprint density at radius 1 is 0.739 bits per heavy atom. The molecule has 0 aromatic heterocycles. The maximum atomic E-state index is 11.9. The highest BCUT2D eigenvalue weighted by Gasteiger charge is 2.49. The normalized spacial score (nSPS) is 12.7. The molecule has 0 aliphatic heterocycles. The average molecular weight is 338 g/mol. The number of esters is 2. The van der Waals surface area contributed by atoms with Crippen molar-refractivity contribution in [3.63, 3.8) is 0 Å². The molecule has 134 valence electrons. The number of hydrogen-bond donors (Lipinski definition) is 5. The summed E-state index contributed by atoms with van der Waals surface area (Å²) in [5, 5.41) is 45.5. The number of aliphatic hydroxyl groups is 4. The van der Waals surface area contributed by atoms with E-state index in [-0.39, 0.29) is 0 Å². The van der Waals surface area contributed by atoms with E-state index in [1.807, 2.05) is 0 Å². The Kier molecular flexibility index (Phi) is 7.10. The molecule has 0 atom stereocenters. The van der Waals surface area contributed by atoms with E-state index in [4.69, 9.17) is 25.5 Å². The molecule has 0 fully saturated rings. The lowest BCUT2D eigenvalue weighted by atomic mass is 9.93. The van der Waals surface area contributed by atoms with Gasteiger partial charge < -0.3 is 35.0 Å². The van der Waals surface area contributed by atoms with Crippen LogP contribution in [0.5, 0.6) is 0 Å². The molecular formula is C13H22O10. The van der Waals surface area contributed by atoms with Crippen LogP contribution >= 0.6 is 0 Å². The first kappa shape index (κ1) is 21.2. The van der Waals surface area contributed by atoms with Gasteiger partial charge in [-0.1, -0.05) is 0 Å². The highest BCUT2D eigenvalue weighted by molar-refractivity contribution is 5.86. The molecule has 0 saturated heterocycles. The molecular weight excluding hydrogens is 316 g/mol. The molecule has 0 bridgehead atoms. The van der Waals surface area contributed by atoms with Crippen molar-refractivity contribution in [1.29, 1.82) is 0 Å². The summed E-state index contributed by atoms with van der Waals surface area (Å²) in [7, 11) is 0. The van der Waals surface area contributed by atoms with Gasteiger partial charge in [0.1, 0.15) is 10.8 Å². The van der Waals surface area contributed by atoms with Gasteiger partial charge in [-0.25, -0.2) is 4.79 Å². The lowest BCUT2D eigenvalue weighted by Crippen LogP contribution is -2.52. The van der Waals surface area contributed by atoms with Crippen molar-refractivity contribution in [2.75, 3.05) is 26.4 Å². The van der Waals surface area contributed by atoms with Crippen molar-refractivity contribution < 1.29 is 49.4 Å². The monoisotopic (exact) mass is 338 g/mol. The minimum absolute atomic E-state index is 0.759. The van der Waals surface area contributed by atoms with Crippen LogP contribution < -0.4 is 0 Å². The molecule has 23 heavy (non-hydrogen) atoms. The Morgan fingerprint density at radius 3 is 1.17 bits per heavy atom. The second-order valence-corrected chi connectivity index (χ2v) is 5.78. The Hall–Kier alpha value is -1.75. The summed E-state index contributed by atoms with van der Waals surface area (Å²) in [6, 6.07) is 0. The van der Waals surface area contributed by atoms with E-state index in [0.29, 0.717) is 0 Å². The first-order valence-electron chi connectivity index (χ1n) is 6.58. The predicted molar refractivity (Wildman–Crippen MR) is 72.8 cm³/mol. The van der Waals surface area contributed by atoms with Crippen molar-refractivity contribution in [3.05, 3.63) is 0 Å². The number of carboxylic acid groups (broad SMARTS) is 1. The van der Waals surface area contributed by atoms with Crippen molar-refractivity contribution >= 4 is 17.9 Å². The molecule has 0 spiro atoms. The highest BCUT2D eigenvalue weighted by Crippen LogP contribution is 2.26. The summed E-state index contributed by atoms with van der Waals surface area (Å²) in [5.74, 6) is -7.23. The zero-order valence-electron chi connectivity index (χ0n) is 13.1. The molecule has 0 amide bonds. The molecule has 0 heterocycles. The molecule has 0 radical (unpaired) electrons. The van der Waals surface area contributed by atoms with Gasteiger partial charge >= 0.3 is 23.7 Å². The van der Waals surface area contributed by atoms with Crippen LogP contribution in [0, 0.1) is 10.8 Å². The third kappa shape index (κ3) is 4.61. The quantitative estimate of drug-likeness (QED) is 0.231. The molecule has 5 N–H and O–H groups in total. The Morgan fingerprint density at radius 2 is 1.00 bits per heavy atom. The number of carboxylic acids is 1. The van der Waals surface area contributed by atoms with Gasteiger partial charge in [-0.3, -0.25) is 9.59 Å². The summed E-state index contributed by atoms with van der Waals surface area (Å²) in [4.78, 5) is 35.1. The molecule has 0 aromatic rings. The van der Waals surface area contributed by atoms with Crippen LogP contribution in [-0.4, -0.2) is 75.7 Å². The van der Waals surface area contributed by atoms with Crippen molar-refractivity contribution in [2.24, 2.45) is 10.8 Å². The van der Waals surface area contributed by atoms with E-state index in [2.05, 4.69) is 9.47 Å². The fraction of sp³-hybridized carbons (Fsp3) is 0.769. The number of aliphatic hydroxyl groups excluding tert-OH is 4. The lowest BCUT2D eigenvalue weighted by Gasteiger charge is -2.32. The maximum absolute atomic E-state index is 11.9. The Balaban J connectivity index is 5.42. The van der Waals surface area contributed by atoms with Crippen LogP contribution in [0.25, 0.3) is 0 Å². The number of hydrogen-bond acceptors (Lipinski definition) is 9. The molecule has 0 aliphatic carbocycles. The first-order chi connectivity index (χ1) is 10.4. The number of carbonyl (C=O) groups is 3. The van der Waals surface area contributed by atoms with Gasteiger partial charge in [0, 0.05) is 6.92 Å². The van der Waals surface area contributed by atoms with Crippen molar-refractivity contribution in [3.8, 4) is 0 Å². The second kappa shape index (κ2) is 7.68. The van der Waals surface area contributed by atoms with E-state index >= 15 is 0 Å². The van der Waals surface area contributed by atoms with E-state index in [1.165, 1.54) is 0 Å². The van der Waals surface area contributed by atoms with Gasteiger partial charge in [0.2, 0.25) is 0 Å². The number of ether oxygens (including phenoxy) is 2. The Labute approximate surface area is 132 Å². The minimum atomic E-state index is -2.77. The van der Waals surface area contributed by atoms with Gasteiger partial charge in [-0.15, -0.1) is 0 Å². The molecule has 10 heteroatoms. The highest BCUT2D eigenvalue weighted by atomic mass is 16.7. The predicted octanol–water partition coefficient (Wildman–Crippen LogP) is -2.14. The van der Waals surface area contributed by atoms with Gasteiger partial charge in [0.05, 0.1) is 26.4 Å². The molecule has 0 unspecified atom stereocenters. The molecule has 0 aliphatic rings. The summed E-state index contributed by atoms with van der Waals surface area (Å²) in [5.41, 5.74) is -3.61. The molecule has 0 saturated carbocycles. The van der Waals surface area contributed by atoms with Gasteiger partial charge in [0.15, 0.2) is 0 Å². The molecule has 0 aromatic carbocycles. The van der Waals surface area contributed by atoms with E-state index in [9.17, 15) is 14.4 Å². The summed E-state index contributed by atoms with van der Waals surface area (Å²) >= 11 is 0. The second-order valence-electron chi connectivity index (χ2n) is 5.78. The van der Waals surface area contributed by atoms with Crippen LogP contribution in [0.15, 0.2) is 0 Å². The number of carbonyl (C=O) groups excluding carboxylic acids is 2. The van der Waals surface area contributed by atoms with Crippen LogP contribution in [-0.2, 0) is 23.9 Å². The van der Waals surface area contributed by atoms with Crippen LogP contribution in [0.1, 0.15) is 20.8 Å². The fourth-order valence-corrected chi connectivity index (χ4v) is 1.07. The zero-order valence-corrected chi connectivity index (χ0v) is 13.1. The van der Waals surface area contributed by atoms with E-state index in [0.717, 1.165) is 20.8 Å². The van der Waals surface area contributed by atoms with Gasteiger partial charge in [0.25, 0.3) is 0 Å². The third-order valence-corrected chi connectivity index (χ3v) is 3.34. The lowest BCUT2D eigenvalue weighted by molar-refractivity contribution is -0.243. The van der Waals surface area contributed by atoms with Crippen molar-refractivity contribution in [2.45, 2.75) is 26.6 Å². The van der Waals surface area contributed by atoms with E-state index < -0.39 is 61.0 Å². The maximum Gasteiger partial charge on any atom is 0.390 e. The van der Waals surface area contributed by atoms with Gasteiger partial charge in [-0.2, -0.15) is 0 Å². The fourth-order valence-electron chi connectivity index (χ4n) is 1.07. The van der Waals surface area contributed by atoms with E-state index in [1.54, 1.807) is 0 Å². The standard InChI is InChI=1S/C13H22O10/c1-11(4-14,5-15)9(20)22-13(3,8(18)19)23-10(21)12(2,6-16)7-17/h14-17H,4-7H2,1-3H3,(H,18,19). The van der Waals surface area contributed by atoms with Crippen LogP contribution in [0.3, 0.4) is 0 Å². The largest absolute Gasteiger partial charge is 0.475 e. The van der Waals surface area contributed by atoms with Crippen LogP contribution in [0.2, 0.25) is 0 Å². The first-order valence-corrected chi connectivity index (χ1v) is 6.58. The average Bonchev–Trinajstić information content (AvgIpc) is 2.52. The molecule has 0 rings (SSSR count). The third-order valence-electron chi connectivity index (χ3n) is 3.34. The SMILES string of the molecule is CC(CO)(CO)C(=O)OC(C)(OC(=O)C(C)(CO)CO)C(=O)O. The topological polar surface area (TPSA) is 171 Å². The minimum Gasteiger partial charge on any atom is -0.475 e. The van der Waals surface area contributed by atoms with Crippen LogP contribution in [0.4, 0.5) is 0 Å². The zero-order chi connectivity index (χ0) is 18.5. The Bertz CT molecular complexity index is 418. The smallest absolute Gasteiger partial charge is 0.390 e. The number of aliphatic carboxylic acids is 1. The number of rotatable bonds is 9. The van der Waals surface area contributed by atoms with Crippen molar-refractivity contribution in [1.82, 2.24) is 0 Å². The summed E-state index contributed by atoms with van der Waals surface area (Å²) < 4.78 is 9.27. The molecule has 10 nitrogen and oxygen atoms in total. The van der Waals surface area contributed by atoms with Gasteiger partial charge in [-0.05, 0) is 13.8 Å².